The van der Waals surface area contributed by atoms with Gasteiger partial charge in [-0.3, -0.25) is 0 Å². The maximum Gasteiger partial charge on any atom is 0.137 e. The first-order valence-electron chi connectivity index (χ1n) is 7.09. The fraction of sp³-hybridized carbons (Fsp3) is 0.467. The van der Waals surface area contributed by atoms with Crippen molar-refractivity contribution in [3.8, 4) is 0 Å². The quantitative estimate of drug-likeness (QED) is 0.817. The summed E-state index contributed by atoms with van der Waals surface area (Å²) in [5, 5.41) is 4.63. The molecule has 0 bridgehead atoms. The van der Waals surface area contributed by atoms with Gasteiger partial charge in [-0.2, -0.15) is 0 Å². The number of hydrogen-bond donors (Lipinski definition) is 2. The Bertz CT molecular complexity index is 612. The molecule has 1 saturated heterocycles. The molecule has 1 aromatic carbocycles. The predicted molar refractivity (Wildman–Crippen MR) is 82.6 cm³/mol. The highest BCUT2D eigenvalue weighted by molar-refractivity contribution is 5.90. The Morgan fingerprint density at radius 3 is 3.00 bits per heavy atom. The number of nitrogens with two attached hydrogens (primary N) is 1. The monoisotopic (exact) mass is 271 g/mol. The largest absolute Gasteiger partial charge is 0.399 e. The smallest absolute Gasteiger partial charge is 0.137 e. The molecule has 2 heterocycles. The first-order valence-corrected chi connectivity index (χ1v) is 7.09. The number of nitrogen functional groups attached to an aromatic ring is 1. The summed E-state index contributed by atoms with van der Waals surface area (Å²) < 4.78 is 0. The normalized spacial score (nSPS) is 23.9. The molecule has 2 atom stereocenters. The molecule has 0 saturated carbocycles. The van der Waals surface area contributed by atoms with Crippen molar-refractivity contribution in [2.24, 2.45) is 5.92 Å². The first-order chi connectivity index (χ1) is 9.63. The number of piperidine rings is 1. The second kappa shape index (κ2) is 5.25. The molecule has 0 spiro atoms. The van der Waals surface area contributed by atoms with Gasteiger partial charge in [-0.05, 0) is 44.1 Å². The van der Waals surface area contributed by atoms with Crippen LogP contribution in [0.15, 0.2) is 24.5 Å². The van der Waals surface area contributed by atoms with E-state index in [0.29, 0.717) is 12.0 Å². The van der Waals surface area contributed by atoms with Gasteiger partial charge in [-0.1, -0.05) is 6.92 Å². The van der Waals surface area contributed by atoms with E-state index in [1.807, 2.05) is 18.2 Å². The molecule has 5 heteroatoms. The lowest BCUT2D eigenvalue weighted by Gasteiger charge is -2.35. The van der Waals surface area contributed by atoms with Crippen LogP contribution in [0.3, 0.4) is 0 Å². The Kier molecular flexibility index (Phi) is 3.44. The highest BCUT2D eigenvalue weighted by Crippen LogP contribution is 2.25. The van der Waals surface area contributed by atoms with Crippen LogP contribution in [0.5, 0.6) is 0 Å². The van der Waals surface area contributed by atoms with Gasteiger partial charge in [0.05, 0.1) is 5.52 Å². The third-order valence-corrected chi connectivity index (χ3v) is 4.09. The summed E-state index contributed by atoms with van der Waals surface area (Å²) in [6.45, 7) is 4.53. The van der Waals surface area contributed by atoms with Gasteiger partial charge in [-0.25, -0.2) is 9.97 Å². The molecule has 0 amide bonds. The number of fused-ring (bicyclic) bond motifs is 1. The SMILES string of the molecule is CC1CN(C)CCC1Nc1ncnc2cc(N)ccc12. The topological polar surface area (TPSA) is 67.1 Å². The Morgan fingerprint density at radius 2 is 2.20 bits per heavy atom. The van der Waals surface area contributed by atoms with Gasteiger partial charge in [0, 0.05) is 23.7 Å². The van der Waals surface area contributed by atoms with E-state index >= 15 is 0 Å². The van der Waals surface area contributed by atoms with Gasteiger partial charge in [-0.15, -0.1) is 0 Å². The summed E-state index contributed by atoms with van der Waals surface area (Å²) in [5.41, 5.74) is 7.43. The third-order valence-electron chi connectivity index (χ3n) is 4.09. The molecule has 1 aromatic heterocycles. The van der Waals surface area contributed by atoms with Gasteiger partial charge >= 0.3 is 0 Å². The van der Waals surface area contributed by atoms with Crippen molar-refractivity contribution in [1.82, 2.24) is 14.9 Å². The molecular formula is C15H21N5. The van der Waals surface area contributed by atoms with Crippen molar-refractivity contribution in [3.05, 3.63) is 24.5 Å². The van der Waals surface area contributed by atoms with Crippen molar-refractivity contribution < 1.29 is 0 Å². The van der Waals surface area contributed by atoms with E-state index in [0.717, 1.165) is 41.9 Å². The molecule has 106 valence electrons. The summed E-state index contributed by atoms with van der Waals surface area (Å²) in [5.74, 6) is 1.52. The van der Waals surface area contributed by atoms with Gasteiger partial charge in [0.15, 0.2) is 0 Å². The van der Waals surface area contributed by atoms with E-state index < -0.39 is 0 Å². The molecular weight excluding hydrogens is 250 g/mol. The van der Waals surface area contributed by atoms with E-state index in [1.165, 1.54) is 0 Å². The maximum absolute atomic E-state index is 5.81. The van der Waals surface area contributed by atoms with Crippen LogP contribution >= 0.6 is 0 Å². The zero-order chi connectivity index (χ0) is 14.1. The lowest BCUT2D eigenvalue weighted by molar-refractivity contribution is 0.206. The average molecular weight is 271 g/mol. The lowest BCUT2D eigenvalue weighted by Crippen LogP contribution is -2.43. The van der Waals surface area contributed by atoms with Crippen molar-refractivity contribution in [1.29, 1.82) is 0 Å². The molecule has 1 aliphatic rings. The molecule has 20 heavy (non-hydrogen) atoms. The highest BCUT2D eigenvalue weighted by Gasteiger charge is 2.24. The second-order valence-electron chi connectivity index (χ2n) is 5.78. The van der Waals surface area contributed by atoms with E-state index in [-0.39, 0.29) is 0 Å². The second-order valence-corrected chi connectivity index (χ2v) is 5.78. The predicted octanol–water partition coefficient (Wildman–Crippen LogP) is 1.96. The average Bonchev–Trinajstić information content (AvgIpc) is 2.41. The summed E-state index contributed by atoms with van der Waals surface area (Å²) in [4.78, 5) is 11.1. The number of nitrogens with one attached hydrogen (secondary N) is 1. The molecule has 5 nitrogen and oxygen atoms in total. The van der Waals surface area contributed by atoms with Crippen LogP contribution in [0.1, 0.15) is 13.3 Å². The van der Waals surface area contributed by atoms with E-state index in [2.05, 4.69) is 34.2 Å². The Balaban J connectivity index is 1.87. The molecule has 1 fully saturated rings. The van der Waals surface area contributed by atoms with Gasteiger partial charge in [0.25, 0.3) is 0 Å². The van der Waals surface area contributed by atoms with E-state index in [1.54, 1.807) is 6.33 Å². The third kappa shape index (κ3) is 2.54. The van der Waals surface area contributed by atoms with Gasteiger partial charge in [0.1, 0.15) is 12.1 Å². The number of likely N-dealkylation sites (tertiary alicyclic amines) is 1. The van der Waals surface area contributed by atoms with Crippen LogP contribution in [-0.4, -0.2) is 41.0 Å². The Morgan fingerprint density at radius 1 is 1.35 bits per heavy atom. The van der Waals surface area contributed by atoms with Gasteiger partial charge in [0.2, 0.25) is 0 Å². The van der Waals surface area contributed by atoms with Crippen LogP contribution in [-0.2, 0) is 0 Å². The maximum atomic E-state index is 5.81. The summed E-state index contributed by atoms with van der Waals surface area (Å²) in [6, 6.07) is 6.24. The summed E-state index contributed by atoms with van der Waals surface area (Å²) >= 11 is 0. The zero-order valence-corrected chi connectivity index (χ0v) is 12.0. The van der Waals surface area contributed by atoms with Crippen LogP contribution in [0, 0.1) is 5.92 Å². The van der Waals surface area contributed by atoms with Crippen molar-refractivity contribution >= 4 is 22.4 Å². The molecule has 3 rings (SSSR count). The zero-order valence-electron chi connectivity index (χ0n) is 12.0. The fourth-order valence-corrected chi connectivity index (χ4v) is 2.93. The van der Waals surface area contributed by atoms with Crippen LogP contribution in [0.2, 0.25) is 0 Å². The van der Waals surface area contributed by atoms with E-state index in [4.69, 9.17) is 5.73 Å². The molecule has 0 aliphatic carbocycles. The fourth-order valence-electron chi connectivity index (χ4n) is 2.93. The minimum absolute atomic E-state index is 0.460. The number of rotatable bonds is 2. The number of anilines is 2. The van der Waals surface area contributed by atoms with Crippen molar-refractivity contribution in [2.75, 3.05) is 31.2 Å². The number of nitrogens with zero attached hydrogens (tertiary/aromatic N) is 3. The summed E-state index contributed by atoms with van der Waals surface area (Å²) in [6.07, 6.45) is 2.74. The first kappa shape index (κ1) is 13.1. The van der Waals surface area contributed by atoms with Crippen molar-refractivity contribution in [3.63, 3.8) is 0 Å². The minimum Gasteiger partial charge on any atom is -0.399 e. The van der Waals surface area contributed by atoms with Gasteiger partial charge < -0.3 is 16.0 Å². The molecule has 1 aliphatic heterocycles. The Labute approximate surface area is 119 Å². The molecule has 2 unspecified atom stereocenters. The molecule has 3 N–H and O–H groups in total. The summed E-state index contributed by atoms with van der Waals surface area (Å²) in [7, 11) is 2.18. The molecule has 2 aromatic rings. The van der Waals surface area contributed by atoms with Crippen molar-refractivity contribution in [2.45, 2.75) is 19.4 Å². The van der Waals surface area contributed by atoms with Crippen LogP contribution in [0.25, 0.3) is 10.9 Å². The van der Waals surface area contributed by atoms with E-state index in [9.17, 15) is 0 Å². The molecule has 0 radical (unpaired) electrons. The number of aromatic nitrogens is 2. The standard InChI is InChI=1S/C15H21N5/c1-10-8-20(2)6-5-13(10)19-15-12-4-3-11(16)7-14(12)17-9-18-15/h3-4,7,9-10,13H,5-6,8,16H2,1-2H3,(H,17,18,19). The van der Waals surface area contributed by atoms with Crippen LogP contribution in [0.4, 0.5) is 11.5 Å². The Hall–Kier alpha value is -1.88. The highest BCUT2D eigenvalue weighted by atomic mass is 15.1. The minimum atomic E-state index is 0.460. The number of hydrogen-bond acceptors (Lipinski definition) is 5. The van der Waals surface area contributed by atoms with Crippen LogP contribution < -0.4 is 11.1 Å². The number of benzene rings is 1. The lowest BCUT2D eigenvalue weighted by atomic mass is 9.94.